The fourth-order valence-electron chi connectivity index (χ4n) is 2.72. The van der Waals surface area contributed by atoms with Crippen molar-refractivity contribution in [3.05, 3.63) is 95.6 Å². The first kappa shape index (κ1) is 19.0. The number of amides is 1. The van der Waals surface area contributed by atoms with E-state index in [2.05, 4.69) is 5.32 Å². The van der Waals surface area contributed by atoms with Crippen LogP contribution in [0.1, 0.15) is 27.5 Å². The second-order valence-electron chi connectivity index (χ2n) is 6.10. The molecule has 6 heteroatoms. The zero-order chi connectivity index (χ0) is 19.9. The lowest BCUT2D eigenvalue weighted by atomic mass is 9.99. The largest absolute Gasteiger partial charge is 0.504 e. The number of carbonyl (C=O) groups excluding carboxylic acids is 2. The van der Waals surface area contributed by atoms with E-state index < -0.39 is 24.2 Å². The van der Waals surface area contributed by atoms with Crippen molar-refractivity contribution < 1.29 is 24.5 Å². The second kappa shape index (κ2) is 8.73. The Balaban J connectivity index is 1.67. The molecule has 142 valence electrons. The summed E-state index contributed by atoms with van der Waals surface area (Å²) in [6.07, 6.45) is 0. The Morgan fingerprint density at radius 2 is 1.39 bits per heavy atom. The molecule has 3 rings (SSSR count). The first-order chi connectivity index (χ1) is 13.5. The van der Waals surface area contributed by atoms with Crippen molar-refractivity contribution in [1.82, 2.24) is 5.32 Å². The molecule has 3 aromatic rings. The van der Waals surface area contributed by atoms with Crippen LogP contribution in [0, 0.1) is 0 Å². The molecular formula is C22H19NO5. The van der Waals surface area contributed by atoms with E-state index in [1.54, 1.807) is 0 Å². The molecule has 0 saturated carbocycles. The molecule has 0 atom stereocenters. The van der Waals surface area contributed by atoms with Crippen molar-refractivity contribution in [2.45, 2.75) is 6.04 Å². The molecule has 0 heterocycles. The van der Waals surface area contributed by atoms with Gasteiger partial charge in [0.05, 0.1) is 11.6 Å². The average molecular weight is 377 g/mol. The highest BCUT2D eigenvalue weighted by Crippen LogP contribution is 2.25. The van der Waals surface area contributed by atoms with Crippen molar-refractivity contribution in [2.75, 3.05) is 6.61 Å². The predicted molar refractivity (Wildman–Crippen MR) is 103 cm³/mol. The molecule has 0 spiro atoms. The van der Waals surface area contributed by atoms with Crippen LogP contribution in [-0.4, -0.2) is 28.7 Å². The fraction of sp³-hybridized carbons (Fsp3) is 0.0909. The molecule has 0 aromatic heterocycles. The monoisotopic (exact) mass is 377 g/mol. The summed E-state index contributed by atoms with van der Waals surface area (Å²) in [5, 5.41) is 21.6. The quantitative estimate of drug-likeness (QED) is 0.453. The lowest BCUT2D eigenvalue weighted by Gasteiger charge is -2.20. The summed E-state index contributed by atoms with van der Waals surface area (Å²) in [7, 11) is 0. The first-order valence-electron chi connectivity index (χ1n) is 8.63. The summed E-state index contributed by atoms with van der Waals surface area (Å²) >= 11 is 0. The number of esters is 1. The minimum atomic E-state index is -0.776. The summed E-state index contributed by atoms with van der Waals surface area (Å²) in [6, 6.07) is 22.1. The van der Waals surface area contributed by atoms with Crippen LogP contribution in [0.2, 0.25) is 0 Å². The summed E-state index contributed by atoms with van der Waals surface area (Å²) in [4.78, 5) is 24.4. The molecule has 0 fully saturated rings. The van der Waals surface area contributed by atoms with Gasteiger partial charge in [-0.2, -0.15) is 0 Å². The normalized spacial score (nSPS) is 10.5. The van der Waals surface area contributed by atoms with E-state index in [1.165, 1.54) is 12.1 Å². The van der Waals surface area contributed by atoms with Crippen LogP contribution >= 0.6 is 0 Å². The Labute approximate surface area is 162 Å². The molecule has 0 aliphatic carbocycles. The van der Waals surface area contributed by atoms with E-state index in [9.17, 15) is 19.8 Å². The zero-order valence-corrected chi connectivity index (χ0v) is 14.9. The predicted octanol–water partition coefficient (Wildman–Crippen LogP) is 3.16. The van der Waals surface area contributed by atoms with E-state index in [1.807, 2.05) is 60.7 Å². The lowest BCUT2D eigenvalue weighted by molar-refractivity contribution is -0.124. The SMILES string of the molecule is O=C(COC(=O)c1ccc(O)c(O)c1)NC(c1ccccc1)c1ccccc1. The van der Waals surface area contributed by atoms with Gasteiger partial charge >= 0.3 is 5.97 Å². The Hall–Kier alpha value is -3.80. The van der Waals surface area contributed by atoms with Gasteiger partial charge in [0.2, 0.25) is 0 Å². The number of aromatic hydroxyl groups is 2. The van der Waals surface area contributed by atoms with E-state index in [0.717, 1.165) is 17.2 Å². The van der Waals surface area contributed by atoms with Crippen LogP contribution in [0.25, 0.3) is 0 Å². The third kappa shape index (κ3) is 4.67. The molecule has 28 heavy (non-hydrogen) atoms. The van der Waals surface area contributed by atoms with Gasteiger partial charge in [0.15, 0.2) is 18.1 Å². The van der Waals surface area contributed by atoms with E-state index in [4.69, 9.17) is 4.74 Å². The summed E-state index contributed by atoms with van der Waals surface area (Å²) in [5.74, 6) is -2.02. The maximum Gasteiger partial charge on any atom is 0.338 e. The number of carbonyl (C=O) groups is 2. The zero-order valence-electron chi connectivity index (χ0n) is 14.9. The van der Waals surface area contributed by atoms with Gasteiger partial charge in [-0.15, -0.1) is 0 Å². The maximum absolute atomic E-state index is 12.4. The Morgan fingerprint density at radius 3 is 1.93 bits per heavy atom. The average Bonchev–Trinajstić information content (AvgIpc) is 2.73. The number of rotatable bonds is 6. The molecule has 0 bridgehead atoms. The third-order valence-corrected chi connectivity index (χ3v) is 4.12. The fourth-order valence-corrected chi connectivity index (χ4v) is 2.72. The van der Waals surface area contributed by atoms with Crippen molar-refractivity contribution in [3.63, 3.8) is 0 Å². The summed E-state index contributed by atoms with van der Waals surface area (Å²) in [5.41, 5.74) is 1.83. The van der Waals surface area contributed by atoms with Gasteiger partial charge in [-0.05, 0) is 29.3 Å². The van der Waals surface area contributed by atoms with Crippen molar-refractivity contribution in [3.8, 4) is 11.5 Å². The van der Waals surface area contributed by atoms with Crippen LogP contribution in [-0.2, 0) is 9.53 Å². The Morgan fingerprint density at radius 1 is 0.821 bits per heavy atom. The number of nitrogens with one attached hydrogen (secondary N) is 1. The standard InChI is InChI=1S/C22H19NO5/c24-18-12-11-17(13-19(18)25)22(27)28-14-20(26)23-21(15-7-3-1-4-8-15)16-9-5-2-6-10-16/h1-13,21,24-25H,14H2,(H,23,26). The minimum absolute atomic E-state index is 0.0331. The number of hydrogen-bond acceptors (Lipinski definition) is 5. The van der Waals surface area contributed by atoms with E-state index >= 15 is 0 Å². The molecular weight excluding hydrogens is 358 g/mol. The van der Waals surface area contributed by atoms with Gasteiger partial charge in [0, 0.05) is 0 Å². The number of phenols is 2. The maximum atomic E-state index is 12.4. The second-order valence-corrected chi connectivity index (χ2v) is 6.10. The van der Waals surface area contributed by atoms with Crippen molar-refractivity contribution >= 4 is 11.9 Å². The molecule has 1 amide bonds. The van der Waals surface area contributed by atoms with Crippen LogP contribution in [0.3, 0.4) is 0 Å². The number of hydrogen-bond donors (Lipinski definition) is 3. The van der Waals surface area contributed by atoms with Gasteiger partial charge < -0.3 is 20.3 Å². The molecule has 0 aliphatic heterocycles. The van der Waals surface area contributed by atoms with Crippen molar-refractivity contribution in [2.24, 2.45) is 0 Å². The van der Waals surface area contributed by atoms with Gasteiger partial charge in [-0.25, -0.2) is 4.79 Å². The first-order valence-corrected chi connectivity index (χ1v) is 8.63. The smallest absolute Gasteiger partial charge is 0.338 e. The highest BCUT2D eigenvalue weighted by atomic mass is 16.5. The van der Waals surface area contributed by atoms with Gasteiger partial charge in [0.25, 0.3) is 5.91 Å². The molecule has 3 aromatic carbocycles. The number of phenolic OH excluding ortho intramolecular Hbond substituents is 2. The topological polar surface area (TPSA) is 95.9 Å². The Kier molecular flexibility index (Phi) is 5.91. The molecule has 6 nitrogen and oxygen atoms in total. The van der Waals surface area contributed by atoms with Crippen molar-refractivity contribution in [1.29, 1.82) is 0 Å². The number of benzene rings is 3. The van der Waals surface area contributed by atoms with Gasteiger partial charge in [-0.3, -0.25) is 4.79 Å². The van der Waals surface area contributed by atoms with Gasteiger partial charge in [0.1, 0.15) is 0 Å². The van der Waals surface area contributed by atoms with Crippen LogP contribution in [0.5, 0.6) is 11.5 Å². The van der Waals surface area contributed by atoms with Gasteiger partial charge in [-0.1, -0.05) is 60.7 Å². The Bertz CT molecular complexity index is 918. The highest BCUT2D eigenvalue weighted by molar-refractivity contribution is 5.92. The summed E-state index contributed by atoms with van der Waals surface area (Å²) < 4.78 is 5.01. The lowest BCUT2D eigenvalue weighted by Crippen LogP contribution is -2.33. The van der Waals surface area contributed by atoms with Crippen LogP contribution < -0.4 is 5.32 Å². The molecule has 0 aliphatic rings. The molecule has 3 N–H and O–H groups in total. The van der Waals surface area contributed by atoms with Crippen LogP contribution in [0.15, 0.2) is 78.9 Å². The van der Waals surface area contributed by atoms with E-state index in [0.29, 0.717) is 0 Å². The summed E-state index contributed by atoms with van der Waals surface area (Å²) in [6.45, 7) is -0.476. The number of ether oxygens (including phenoxy) is 1. The third-order valence-electron chi connectivity index (χ3n) is 4.12. The molecule has 0 radical (unpaired) electrons. The van der Waals surface area contributed by atoms with E-state index in [-0.39, 0.29) is 17.4 Å². The minimum Gasteiger partial charge on any atom is -0.504 e. The molecule has 0 unspecified atom stereocenters. The molecule has 0 saturated heterocycles. The highest BCUT2D eigenvalue weighted by Gasteiger charge is 2.18. The van der Waals surface area contributed by atoms with Crippen LogP contribution in [0.4, 0.5) is 0 Å².